The summed E-state index contributed by atoms with van der Waals surface area (Å²) >= 11 is 4.47. The van der Waals surface area contributed by atoms with E-state index in [1.807, 2.05) is 12.2 Å². The summed E-state index contributed by atoms with van der Waals surface area (Å²) < 4.78 is 0. The normalized spacial score (nSPS) is 13.0. The van der Waals surface area contributed by atoms with Gasteiger partial charge in [0.05, 0.1) is 0 Å². The van der Waals surface area contributed by atoms with Crippen LogP contribution >= 0.6 is 12.6 Å². The van der Waals surface area contributed by atoms with Crippen molar-refractivity contribution in [2.45, 2.75) is 76.4 Å². The number of unbranched alkanes of at least 4 members (excludes halogenated alkanes) is 4. The molecule has 1 atom stereocenters. The number of allylic oxidation sites excluding steroid dienone is 3. The Bertz CT molecular complexity index is 361. The van der Waals surface area contributed by atoms with E-state index in [0.717, 1.165) is 12.8 Å². The van der Waals surface area contributed by atoms with Crippen molar-refractivity contribution in [1.29, 1.82) is 0 Å². The van der Waals surface area contributed by atoms with Crippen LogP contribution in [0, 0.1) is 0 Å². The lowest BCUT2D eigenvalue weighted by Gasteiger charge is -2.01. The van der Waals surface area contributed by atoms with Gasteiger partial charge in [-0.15, -0.1) is 0 Å². The van der Waals surface area contributed by atoms with Crippen molar-refractivity contribution in [3.8, 4) is 0 Å². The standard InChI is InChI=1S/C18H30O3S/c1-2-3-4-5-6-7-13-17(22)14-10-12-16(19)11-8-9-15-18(20)21/h6-7,10,14,17,22H,2-5,8-9,11-13,15H2,1H3,(H,20,21)/b7-6-,14-10+/t17-/m0/s1. The van der Waals surface area contributed by atoms with Crippen molar-refractivity contribution in [2.24, 2.45) is 0 Å². The maximum absolute atomic E-state index is 11.6. The Balaban J connectivity index is 3.64. The number of carbonyl (C=O) groups is 2. The first kappa shape index (κ1) is 21.0. The summed E-state index contributed by atoms with van der Waals surface area (Å²) in [6, 6.07) is 0. The minimum absolute atomic E-state index is 0.145. The van der Waals surface area contributed by atoms with E-state index in [1.54, 1.807) is 0 Å². The molecule has 0 radical (unpaired) electrons. The number of rotatable bonds is 14. The van der Waals surface area contributed by atoms with E-state index in [4.69, 9.17) is 5.11 Å². The highest BCUT2D eigenvalue weighted by molar-refractivity contribution is 7.81. The molecule has 4 heteroatoms. The highest BCUT2D eigenvalue weighted by Crippen LogP contribution is 2.08. The number of carbonyl (C=O) groups excluding carboxylic acids is 1. The molecule has 0 unspecified atom stereocenters. The monoisotopic (exact) mass is 326 g/mol. The average molecular weight is 327 g/mol. The molecule has 1 N–H and O–H groups in total. The predicted octanol–water partition coefficient (Wildman–Crippen LogP) is 4.97. The Morgan fingerprint density at radius 1 is 1.05 bits per heavy atom. The van der Waals surface area contributed by atoms with Crippen molar-refractivity contribution in [2.75, 3.05) is 0 Å². The lowest BCUT2D eigenvalue weighted by atomic mass is 10.1. The lowest BCUT2D eigenvalue weighted by molar-refractivity contribution is -0.137. The molecule has 0 fully saturated rings. The second-order valence-electron chi connectivity index (χ2n) is 5.54. The van der Waals surface area contributed by atoms with Crippen molar-refractivity contribution in [3.63, 3.8) is 0 Å². The topological polar surface area (TPSA) is 54.4 Å². The highest BCUT2D eigenvalue weighted by Gasteiger charge is 2.02. The van der Waals surface area contributed by atoms with Crippen LogP contribution in [0.3, 0.4) is 0 Å². The van der Waals surface area contributed by atoms with Gasteiger partial charge in [0, 0.05) is 24.5 Å². The van der Waals surface area contributed by atoms with Crippen LogP contribution in [0.2, 0.25) is 0 Å². The fourth-order valence-corrected chi connectivity index (χ4v) is 2.24. The zero-order valence-corrected chi connectivity index (χ0v) is 14.6. The average Bonchev–Trinajstić information content (AvgIpc) is 2.47. The molecule has 0 aliphatic heterocycles. The number of hydrogen-bond acceptors (Lipinski definition) is 3. The Kier molecular flexibility index (Phi) is 14.2. The first-order valence-electron chi connectivity index (χ1n) is 8.29. The fourth-order valence-electron chi connectivity index (χ4n) is 2.00. The van der Waals surface area contributed by atoms with Gasteiger partial charge in [-0.1, -0.05) is 44.1 Å². The third-order valence-electron chi connectivity index (χ3n) is 3.32. The number of carboxylic acid groups (broad SMARTS) is 1. The van der Waals surface area contributed by atoms with Crippen LogP contribution in [0.4, 0.5) is 0 Å². The molecule has 0 heterocycles. The van der Waals surface area contributed by atoms with Gasteiger partial charge >= 0.3 is 5.97 Å². The molecule has 0 amide bonds. The Labute approximate surface area is 140 Å². The largest absolute Gasteiger partial charge is 0.481 e. The van der Waals surface area contributed by atoms with Crippen molar-refractivity contribution < 1.29 is 14.7 Å². The molecule has 0 aliphatic rings. The molecule has 0 saturated carbocycles. The van der Waals surface area contributed by atoms with Gasteiger partial charge in [0.2, 0.25) is 0 Å². The van der Waals surface area contributed by atoms with Crippen LogP contribution in [0.1, 0.15) is 71.1 Å². The number of carboxylic acids is 1. The highest BCUT2D eigenvalue weighted by atomic mass is 32.1. The smallest absolute Gasteiger partial charge is 0.303 e. The Morgan fingerprint density at radius 3 is 2.45 bits per heavy atom. The van der Waals surface area contributed by atoms with Crippen LogP contribution in [-0.4, -0.2) is 22.1 Å². The van der Waals surface area contributed by atoms with E-state index in [-0.39, 0.29) is 17.5 Å². The zero-order chi connectivity index (χ0) is 16.6. The van der Waals surface area contributed by atoms with Gasteiger partial charge in [-0.25, -0.2) is 0 Å². The summed E-state index contributed by atoms with van der Waals surface area (Å²) in [6.07, 6.45) is 16.3. The third kappa shape index (κ3) is 15.4. The molecule has 0 aromatic rings. The maximum atomic E-state index is 11.6. The number of Topliss-reactive ketones (excluding diaryl/α,β-unsaturated/α-hetero) is 1. The number of ketones is 1. The van der Waals surface area contributed by atoms with Crippen LogP contribution in [0.5, 0.6) is 0 Å². The van der Waals surface area contributed by atoms with Crippen molar-refractivity contribution >= 4 is 24.4 Å². The summed E-state index contributed by atoms with van der Waals surface area (Å²) in [7, 11) is 0. The molecular weight excluding hydrogens is 296 g/mol. The molecular formula is C18H30O3S. The number of aliphatic carboxylic acids is 1. The molecule has 126 valence electrons. The maximum Gasteiger partial charge on any atom is 0.303 e. The molecule has 0 bridgehead atoms. The summed E-state index contributed by atoms with van der Waals surface area (Å²) in [5.41, 5.74) is 0. The molecule has 0 aromatic carbocycles. The van der Waals surface area contributed by atoms with Crippen molar-refractivity contribution in [1.82, 2.24) is 0 Å². The molecule has 3 nitrogen and oxygen atoms in total. The number of hydrogen-bond donors (Lipinski definition) is 2. The molecule has 22 heavy (non-hydrogen) atoms. The van der Waals surface area contributed by atoms with E-state index in [0.29, 0.717) is 25.7 Å². The Morgan fingerprint density at radius 2 is 1.77 bits per heavy atom. The summed E-state index contributed by atoms with van der Waals surface area (Å²) in [6.45, 7) is 2.20. The van der Waals surface area contributed by atoms with E-state index >= 15 is 0 Å². The van der Waals surface area contributed by atoms with Crippen LogP contribution in [-0.2, 0) is 9.59 Å². The predicted molar refractivity (Wildman–Crippen MR) is 95.5 cm³/mol. The van der Waals surface area contributed by atoms with E-state index in [1.165, 1.54) is 19.3 Å². The van der Waals surface area contributed by atoms with Gasteiger partial charge < -0.3 is 5.11 Å². The van der Waals surface area contributed by atoms with E-state index in [9.17, 15) is 9.59 Å². The summed E-state index contributed by atoms with van der Waals surface area (Å²) in [4.78, 5) is 21.9. The minimum Gasteiger partial charge on any atom is -0.481 e. The van der Waals surface area contributed by atoms with Crippen LogP contribution in [0.25, 0.3) is 0 Å². The summed E-state index contributed by atoms with van der Waals surface area (Å²) in [5.74, 6) is -0.634. The second kappa shape index (κ2) is 14.9. The SMILES string of the molecule is CCCCC/C=C\C[C@H](S)/C=C/CC(=O)CCCCC(=O)O. The molecule has 0 aliphatic carbocycles. The lowest BCUT2D eigenvalue weighted by Crippen LogP contribution is -1.99. The van der Waals surface area contributed by atoms with Gasteiger partial charge in [-0.3, -0.25) is 9.59 Å². The fraction of sp³-hybridized carbons (Fsp3) is 0.667. The van der Waals surface area contributed by atoms with Gasteiger partial charge in [0.25, 0.3) is 0 Å². The minimum atomic E-state index is -0.798. The van der Waals surface area contributed by atoms with Crippen LogP contribution in [0.15, 0.2) is 24.3 Å². The summed E-state index contributed by atoms with van der Waals surface area (Å²) in [5, 5.41) is 8.66. The second-order valence-corrected chi connectivity index (χ2v) is 6.21. The zero-order valence-electron chi connectivity index (χ0n) is 13.7. The van der Waals surface area contributed by atoms with Gasteiger partial charge in [-0.2, -0.15) is 12.6 Å². The first-order chi connectivity index (χ1) is 10.6. The van der Waals surface area contributed by atoms with E-state index < -0.39 is 5.97 Å². The quantitative estimate of drug-likeness (QED) is 0.269. The van der Waals surface area contributed by atoms with Gasteiger partial charge in [-0.05, 0) is 32.1 Å². The van der Waals surface area contributed by atoms with E-state index in [2.05, 4.69) is 31.7 Å². The van der Waals surface area contributed by atoms with Gasteiger partial charge in [0.15, 0.2) is 0 Å². The number of thiol groups is 1. The third-order valence-corrected chi connectivity index (χ3v) is 3.70. The van der Waals surface area contributed by atoms with Gasteiger partial charge in [0.1, 0.15) is 5.78 Å². The van der Waals surface area contributed by atoms with Crippen LogP contribution < -0.4 is 0 Å². The van der Waals surface area contributed by atoms with Crippen molar-refractivity contribution in [3.05, 3.63) is 24.3 Å². The molecule has 0 saturated heterocycles. The molecule has 0 rings (SSSR count). The molecule has 0 spiro atoms. The molecule has 0 aromatic heterocycles. The first-order valence-corrected chi connectivity index (χ1v) is 8.81. The Hall–Kier alpha value is -1.03.